The number of carboxylic acid groups (broad SMARTS) is 1. The van der Waals surface area contributed by atoms with Gasteiger partial charge >= 0.3 is 12.1 Å². The lowest BCUT2D eigenvalue weighted by molar-refractivity contribution is -0.115. The lowest BCUT2D eigenvalue weighted by Crippen LogP contribution is -2.34. The van der Waals surface area contributed by atoms with Crippen LogP contribution in [0.25, 0.3) is 11.1 Å². The minimum Gasteiger partial charge on any atom is -0.477 e. The first-order valence-corrected chi connectivity index (χ1v) is 9.61. The van der Waals surface area contributed by atoms with Crippen LogP contribution >= 0.6 is 0 Å². The number of rotatable bonds is 6. The number of alkyl carbamates (subject to hydrolysis) is 1. The second-order valence-corrected chi connectivity index (χ2v) is 6.96. The number of carbonyl (C=O) groups is 3. The van der Waals surface area contributed by atoms with E-state index >= 15 is 0 Å². The number of pyridine rings is 1. The van der Waals surface area contributed by atoms with Crippen molar-refractivity contribution in [3.05, 3.63) is 83.7 Å². The Morgan fingerprint density at radius 1 is 0.935 bits per heavy atom. The van der Waals surface area contributed by atoms with Crippen LogP contribution in [0.1, 0.15) is 27.5 Å². The summed E-state index contributed by atoms with van der Waals surface area (Å²) in [6, 6.07) is 18.7. The van der Waals surface area contributed by atoms with E-state index in [1.165, 1.54) is 18.3 Å². The normalized spacial score (nSPS) is 11.9. The molecule has 0 spiro atoms. The number of ether oxygens (including phenoxy) is 1. The quantitative estimate of drug-likeness (QED) is 0.567. The van der Waals surface area contributed by atoms with Crippen molar-refractivity contribution in [1.82, 2.24) is 10.3 Å². The fraction of sp³-hybridized carbons (Fsp3) is 0.130. The van der Waals surface area contributed by atoms with Gasteiger partial charge in [0.15, 0.2) is 0 Å². The maximum absolute atomic E-state index is 12.1. The van der Waals surface area contributed by atoms with Crippen molar-refractivity contribution >= 4 is 23.7 Å². The number of aromatic nitrogens is 1. The van der Waals surface area contributed by atoms with Crippen LogP contribution in [0.15, 0.2) is 66.9 Å². The summed E-state index contributed by atoms with van der Waals surface area (Å²) in [5.74, 6) is -1.71. The summed E-state index contributed by atoms with van der Waals surface area (Å²) < 4.78 is 5.37. The Morgan fingerprint density at radius 3 is 2.16 bits per heavy atom. The molecule has 0 fully saturated rings. The highest BCUT2D eigenvalue weighted by Gasteiger charge is 2.29. The molecule has 0 bridgehead atoms. The van der Waals surface area contributed by atoms with Crippen molar-refractivity contribution in [2.24, 2.45) is 0 Å². The Bertz CT molecular complexity index is 1100. The number of hydrogen-bond donors (Lipinski definition) is 3. The van der Waals surface area contributed by atoms with Gasteiger partial charge in [-0.25, -0.2) is 14.6 Å². The molecule has 8 nitrogen and oxygen atoms in total. The average molecular weight is 417 g/mol. The van der Waals surface area contributed by atoms with E-state index in [4.69, 9.17) is 9.84 Å². The number of benzene rings is 2. The SMILES string of the molecule is O=C(CNC(=O)OCC1c2ccccc2-c2ccccc21)Nc1ccc(C(=O)O)nc1. The lowest BCUT2D eigenvalue weighted by atomic mass is 9.98. The van der Waals surface area contributed by atoms with Crippen molar-refractivity contribution in [1.29, 1.82) is 0 Å². The maximum atomic E-state index is 12.1. The standard InChI is InChI=1S/C23H19N3O5/c27-21(26-14-9-10-20(22(28)29)24-11-14)12-25-23(30)31-13-19-17-7-3-1-5-15(17)16-6-2-4-8-18(16)19/h1-11,19H,12-13H2,(H,25,30)(H,26,27)(H,28,29). The van der Waals surface area contributed by atoms with Crippen molar-refractivity contribution in [3.8, 4) is 11.1 Å². The molecule has 0 saturated carbocycles. The third-order valence-corrected chi connectivity index (χ3v) is 5.00. The smallest absolute Gasteiger partial charge is 0.407 e. The number of nitrogens with zero attached hydrogens (tertiary/aromatic N) is 1. The Labute approximate surface area is 177 Å². The van der Waals surface area contributed by atoms with E-state index < -0.39 is 18.0 Å². The minimum atomic E-state index is -1.16. The molecule has 1 aliphatic rings. The van der Waals surface area contributed by atoms with Crippen molar-refractivity contribution < 1.29 is 24.2 Å². The second-order valence-electron chi connectivity index (χ2n) is 6.96. The van der Waals surface area contributed by atoms with E-state index in [1.807, 2.05) is 36.4 Å². The highest BCUT2D eigenvalue weighted by molar-refractivity contribution is 5.94. The van der Waals surface area contributed by atoms with Gasteiger partial charge in [-0.3, -0.25) is 4.79 Å². The van der Waals surface area contributed by atoms with Gasteiger partial charge in [0.2, 0.25) is 5.91 Å². The molecule has 2 aromatic carbocycles. The minimum absolute atomic E-state index is 0.0641. The van der Waals surface area contributed by atoms with Crippen LogP contribution < -0.4 is 10.6 Å². The fourth-order valence-electron chi connectivity index (χ4n) is 3.60. The average Bonchev–Trinajstić information content (AvgIpc) is 3.10. The molecule has 1 aliphatic carbocycles. The van der Waals surface area contributed by atoms with Crippen LogP contribution in [0.3, 0.4) is 0 Å². The van der Waals surface area contributed by atoms with E-state index in [1.54, 1.807) is 0 Å². The first-order valence-electron chi connectivity index (χ1n) is 9.61. The predicted octanol–water partition coefficient (Wildman–Crippen LogP) is 3.26. The summed E-state index contributed by atoms with van der Waals surface area (Å²) in [6.07, 6.45) is 0.533. The van der Waals surface area contributed by atoms with E-state index in [0.29, 0.717) is 5.69 Å². The van der Waals surface area contributed by atoms with Crippen LogP contribution in [0.5, 0.6) is 0 Å². The largest absolute Gasteiger partial charge is 0.477 e. The summed E-state index contributed by atoms with van der Waals surface area (Å²) in [5.41, 5.74) is 4.67. The number of anilines is 1. The van der Waals surface area contributed by atoms with Crippen LogP contribution in [0.2, 0.25) is 0 Å². The molecule has 0 aliphatic heterocycles. The molecule has 4 rings (SSSR count). The molecule has 3 N–H and O–H groups in total. The van der Waals surface area contributed by atoms with Crippen molar-refractivity contribution in [2.75, 3.05) is 18.5 Å². The number of carbonyl (C=O) groups excluding carboxylic acids is 2. The Hall–Kier alpha value is -4.20. The topological polar surface area (TPSA) is 118 Å². The summed E-state index contributed by atoms with van der Waals surface area (Å²) >= 11 is 0. The van der Waals surface area contributed by atoms with Gasteiger partial charge in [0.1, 0.15) is 18.8 Å². The lowest BCUT2D eigenvalue weighted by Gasteiger charge is -2.14. The Morgan fingerprint density at radius 2 is 1.58 bits per heavy atom. The van der Waals surface area contributed by atoms with E-state index in [0.717, 1.165) is 22.3 Å². The first-order chi connectivity index (χ1) is 15.0. The number of carboxylic acids is 1. The van der Waals surface area contributed by atoms with E-state index in [-0.39, 0.29) is 24.8 Å². The van der Waals surface area contributed by atoms with Gasteiger partial charge in [0, 0.05) is 5.92 Å². The highest BCUT2D eigenvalue weighted by Crippen LogP contribution is 2.44. The van der Waals surface area contributed by atoms with Gasteiger partial charge < -0.3 is 20.5 Å². The zero-order chi connectivity index (χ0) is 21.8. The fourth-order valence-corrected chi connectivity index (χ4v) is 3.60. The molecule has 0 unspecified atom stereocenters. The van der Waals surface area contributed by atoms with Crippen molar-refractivity contribution in [3.63, 3.8) is 0 Å². The van der Waals surface area contributed by atoms with Gasteiger partial charge in [-0.2, -0.15) is 0 Å². The Balaban J connectivity index is 1.30. The summed E-state index contributed by atoms with van der Waals surface area (Å²) in [7, 11) is 0. The van der Waals surface area contributed by atoms with Gasteiger partial charge in [-0.05, 0) is 34.4 Å². The second kappa shape index (κ2) is 8.66. The molecular weight excluding hydrogens is 398 g/mol. The zero-order valence-electron chi connectivity index (χ0n) is 16.4. The van der Waals surface area contributed by atoms with E-state index in [9.17, 15) is 14.4 Å². The molecular formula is C23H19N3O5. The Kier molecular flexibility index (Phi) is 5.61. The number of fused-ring (bicyclic) bond motifs is 3. The van der Waals surface area contributed by atoms with E-state index in [2.05, 4.69) is 27.8 Å². The molecule has 2 amide bonds. The number of amides is 2. The van der Waals surface area contributed by atoms with Crippen LogP contribution in [-0.2, 0) is 9.53 Å². The summed E-state index contributed by atoms with van der Waals surface area (Å²) in [4.78, 5) is 38.6. The molecule has 0 saturated heterocycles. The zero-order valence-corrected chi connectivity index (χ0v) is 16.4. The molecule has 0 radical (unpaired) electrons. The summed E-state index contributed by atoms with van der Waals surface area (Å²) in [6.45, 7) is -0.139. The molecule has 1 heterocycles. The summed E-state index contributed by atoms with van der Waals surface area (Å²) in [5, 5.41) is 13.8. The molecule has 156 valence electrons. The third-order valence-electron chi connectivity index (χ3n) is 5.00. The van der Waals surface area contributed by atoms with Gasteiger partial charge in [-0.15, -0.1) is 0 Å². The number of hydrogen-bond acceptors (Lipinski definition) is 5. The third kappa shape index (κ3) is 4.37. The van der Waals surface area contributed by atoms with Crippen LogP contribution in [0, 0.1) is 0 Å². The molecule has 0 atom stereocenters. The van der Waals surface area contributed by atoms with Crippen LogP contribution in [-0.4, -0.2) is 41.2 Å². The monoisotopic (exact) mass is 417 g/mol. The molecule has 31 heavy (non-hydrogen) atoms. The van der Waals surface area contributed by atoms with Crippen molar-refractivity contribution in [2.45, 2.75) is 5.92 Å². The first kappa shape index (κ1) is 20.1. The van der Waals surface area contributed by atoms with Gasteiger partial charge in [0.05, 0.1) is 11.9 Å². The predicted molar refractivity (Wildman–Crippen MR) is 113 cm³/mol. The van der Waals surface area contributed by atoms with Gasteiger partial charge in [-0.1, -0.05) is 48.5 Å². The number of nitrogens with one attached hydrogen (secondary N) is 2. The maximum Gasteiger partial charge on any atom is 0.407 e. The molecule has 8 heteroatoms. The number of aromatic carboxylic acids is 1. The van der Waals surface area contributed by atoms with Gasteiger partial charge in [0.25, 0.3) is 0 Å². The highest BCUT2D eigenvalue weighted by atomic mass is 16.5. The molecule has 3 aromatic rings. The molecule has 1 aromatic heterocycles. The van der Waals surface area contributed by atoms with Crippen LogP contribution in [0.4, 0.5) is 10.5 Å².